The van der Waals surface area contributed by atoms with Gasteiger partial charge in [-0.3, -0.25) is 4.79 Å². The minimum Gasteiger partial charge on any atom is -0.489 e. The summed E-state index contributed by atoms with van der Waals surface area (Å²) in [5.41, 5.74) is 3.56. The lowest BCUT2D eigenvalue weighted by Gasteiger charge is -2.35. The van der Waals surface area contributed by atoms with Crippen molar-refractivity contribution in [1.82, 2.24) is 4.90 Å². The van der Waals surface area contributed by atoms with Crippen LogP contribution in [0.2, 0.25) is 5.02 Å². The zero-order valence-corrected chi connectivity index (χ0v) is 17.6. The van der Waals surface area contributed by atoms with Crippen molar-refractivity contribution in [2.75, 3.05) is 56.7 Å². The first-order valence-electron chi connectivity index (χ1n) is 9.96. The predicted octanol–water partition coefficient (Wildman–Crippen LogP) is 3.81. The highest BCUT2D eigenvalue weighted by molar-refractivity contribution is 6.32. The maximum Gasteiger partial charge on any atom is 0.255 e. The van der Waals surface area contributed by atoms with Crippen molar-refractivity contribution in [3.05, 3.63) is 46.5 Å². The standard InChI is InChI=1S/C22H26ClN3O3/c1-15-12-17(4-5-19(15)26-8-6-25(2)7-9-26)24-22(27)16-13-18(23)21-20(14-16)28-10-3-11-29-21/h4-5,12-14H,3,6-11H2,1-2H3,(H,24,27). The molecule has 0 radical (unpaired) electrons. The Morgan fingerprint density at radius 1 is 1.07 bits per heavy atom. The van der Waals surface area contributed by atoms with Crippen molar-refractivity contribution in [3.8, 4) is 11.5 Å². The Labute approximate surface area is 176 Å². The second-order valence-corrected chi connectivity index (χ2v) is 7.99. The molecule has 0 atom stereocenters. The largest absolute Gasteiger partial charge is 0.489 e. The van der Waals surface area contributed by atoms with Gasteiger partial charge in [-0.05, 0) is 49.9 Å². The summed E-state index contributed by atoms with van der Waals surface area (Å²) in [5, 5.41) is 3.35. The molecular weight excluding hydrogens is 390 g/mol. The number of nitrogens with one attached hydrogen (secondary N) is 1. The van der Waals surface area contributed by atoms with Crippen LogP contribution in [0.5, 0.6) is 11.5 Å². The monoisotopic (exact) mass is 415 g/mol. The van der Waals surface area contributed by atoms with Gasteiger partial charge in [0.15, 0.2) is 11.5 Å². The Balaban J connectivity index is 1.49. The molecule has 7 heteroatoms. The van der Waals surface area contributed by atoms with Gasteiger partial charge in [-0.25, -0.2) is 0 Å². The van der Waals surface area contributed by atoms with Crippen LogP contribution in [0.3, 0.4) is 0 Å². The molecule has 0 bridgehead atoms. The molecule has 154 valence electrons. The third kappa shape index (κ3) is 4.43. The average molecular weight is 416 g/mol. The van der Waals surface area contributed by atoms with Crippen molar-refractivity contribution in [2.24, 2.45) is 0 Å². The van der Waals surface area contributed by atoms with E-state index in [0.717, 1.165) is 43.9 Å². The topological polar surface area (TPSA) is 54.0 Å². The number of benzene rings is 2. The molecule has 1 N–H and O–H groups in total. The van der Waals surface area contributed by atoms with E-state index in [2.05, 4.69) is 35.2 Å². The number of likely N-dealkylation sites (N-methyl/N-ethyl adjacent to an activating group) is 1. The van der Waals surface area contributed by atoms with Gasteiger partial charge in [-0.15, -0.1) is 0 Å². The molecule has 0 unspecified atom stereocenters. The van der Waals surface area contributed by atoms with Crippen LogP contribution in [0.25, 0.3) is 0 Å². The molecule has 2 aliphatic heterocycles. The van der Waals surface area contributed by atoms with E-state index in [1.807, 2.05) is 12.1 Å². The third-order valence-electron chi connectivity index (χ3n) is 5.36. The van der Waals surface area contributed by atoms with Gasteiger partial charge in [0.1, 0.15) is 0 Å². The summed E-state index contributed by atoms with van der Waals surface area (Å²) in [6, 6.07) is 9.35. The van der Waals surface area contributed by atoms with Crippen LogP contribution in [0.15, 0.2) is 30.3 Å². The minimum absolute atomic E-state index is 0.228. The average Bonchev–Trinajstić information content (AvgIpc) is 2.95. The number of rotatable bonds is 3. The molecule has 6 nitrogen and oxygen atoms in total. The summed E-state index contributed by atoms with van der Waals surface area (Å²) in [6.07, 6.45) is 0.783. The van der Waals surface area contributed by atoms with Gasteiger partial charge >= 0.3 is 0 Å². The van der Waals surface area contributed by atoms with Gasteiger partial charge in [0.2, 0.25) is 0 Å². The van der Waals surface area contributed by atoms with E-state index in [0.29, 0.717) is 35.3 Å². The second kappa shape index (κ2) is 8.51. The van der Waals surface area contributed by atoms with Gasteiger partial charge in [-0.2, -0.15) is 0 Å². The molecule has 1 amide bonds. The van der Waals surface area contributed by atoms with Gasteiger partial charge < -0.3 is 24.6 Å². The highest BCUT2D eigenvalue weighted by Crippen LogP contribution is 2.38. The molecule has 0 saturated carbocycles. The summed E-state index contributed by atoms with van der Waals surface area (Å²) < 4.78 is 11.3. The number of hydrogen-bond donors (Lipinski definition) is 1. The van der Waals surface area contributed by atoms with E-state index in [9.17, 15) is 4.79 Å². The van der Waals surface area contributed by atoms with Crippen molar-refractivity contribution >= 4 is 28.9 Å². The lowest BCUT2D eigenvalue weighted by Crippen LogP contribution is -2.44. The van der Waals surface area contributed by atoms with E-state index in [1.165, 1.54) is 5.69 Å². The number of fused-ring (bicyclic) bond motifs is 1. The number of carbonyl (C=O) groups excluding carboxylic acids is 1. The molecule has 29 heavy (non-hydrogen) atoms. The van der Waals surface area contributed by atoms with Crippen LogP contribution >= 0.6 is 11.6 Å². The zero-order valence-electron chi connectivity index (χ0n) is 16.8. The van der Waals surface area contributed by atoms with Gasteiger partial charge in [0.05, 0.1) is 18.2 Å². The molecule has 1 saturated heterocycles. The molecule has 0 spiro atoms. The molecule has 0 aliphatic carbocycles. The Bertz CT molecular complexity index is 910. The molecule has 2 aromatic carbocycles. The van der Waals surface area contributed by atoms with Crippen LogP contribution in [-0.4, -0.2) is 57.2 Å². The SMILES string of the molecule is Cc1cc(NC(=O)c2cc(Cl)c3c(c2)OCCCO3)ccc1N1CCN(C)CC1. The van der Waals surface area contributed by atoms with E-state index in [-0.39, 0.29) is 5.91 Å². The maximum absolute atomic E-state index is 12.8. The first kappa shape index (κ1) is 19.9. The molecule has 2 aliphatic rings. The zero-order chi connectivity index (χ0) is 20.4. The molecule has 1 fully saturated rings. The maximum atomic E-state index is 12.8. The van der Waals surface area contributed by atoms with E-state index < -0.39 is 0 Å². The summed E-state index contributed by atoms with van der Waals surface area (Å²) in [6.45, 7) is 7.31. The number of hydrogen-bond acceptors (Lipinski definition) is 5. The quantitative estimate of drug-likeness (QED) is 0.826. The molecule has 2 aromatic rings. The number of piperazine rings is 1. The Hall–Kier alpha value is -2.44. The van der Waals surface area contributed by atoms with E-state index in [1.54, 1.807) is 12.1 Å². The normalized spacial score (nSPS) is 17.0. The number of halogens is 1. The summed E-state index contributed by atoms with van der Waals surface area (Å²) >= 11 is 6.32. The van der Waals surface area contributed by atoms with E-state index in [4.69, 9.17) is 21.1 Å². The van der Waals surface area contributed by atoms with Crippen LogP contribution < -0.4 is 19.7 Å². The van der Waals surface area contributed by atoms with Crippen molar-refractivity contribution in [2.45, 2.75) is 13.3 Å². The fourth-order valence-corrected chi connectivity index (χ4v) is 3.97. The second-order valence-electron chi connectivity index (χ2n) is 7.58. The highest BCUT2D eigenvalue weighted by atomic mass is 35.5. The fourth-order valence-electron chi connectivity index (χ4n) is 3.70. The fraction of sp³-hybridized carbons (Fsp3) is 0.409. The minimum atomic E-state index is -0.228. The number of aryl methyl sites for hydroxylation is 1. The van der Waals surface area contributed by atoms with Crippen LogP contribution in [-0.2, 0) is 0 Å². The summed E-state index contributed by atoms with van der Waals surface area (Å²) in [5.74, 6) is 0.795. The van der Waals surface area contributed by atoms with Crippen LogP contribution in [0.4, 0.5) is 11.4 Å². The number of amides is 1. The Morgan fingerprint density at radius 3 is 2.59 bits per heavy atom. The van der Waals surface area contributed by atoms with Gasteiger partial charge in [0.25, 0.3) is 5.91 Å². The smallest absolute Gasteiger partial charge is 0.255 e. The molecule has 4 rings (SSSR count). The summed E-state index contributed by atoms with van der Waals surface area (Å²) in [4.78, 5) is 17.5. The van der Waals surface area contributed by atoms with Gasteiger partial charge in [-0.1, -0.05) is 11.6 Å². The Morgan fingerprint density at radius 2 is 1.83 bits per heavy atom. The molecular formula is C22H26ClN3O3. The molecule has 0 aromatic heterocycles. The number of ether oxygens (including phenoxy) is 2. The summed E-state index contributed by atoms with van der Waals surface area (Å²) in [7, 11) is 2.15. The van der Waals surface area contributed by atoms with Crippen LogP contribution in [0, 0.1) is 6.92 Å². The number of nitrogens with zero attached hydrogens (tertiary/aromatic N) is 2. The first-order valence-corrected chi connectivity index (χ1v) is 10.3. The number of anilines is 2. The highest BCUT2D eigenvalue weighted by Gasteiger charge is 2.19. The van der Waals surface area contributed by atoms with E-state index >= 15 is 0 Å². The van der Waals surface area contributed by atoms with Gasteiger partial charge in [0, 0.05) is 49.5 Å². The predicted molar refractivity (Wildman–Crippen MR) is 116 cm³/mol. The van der Waals surface area contributed by atoms with Crippen molar-refractivity contribution < 1.29 is 14.3 Å². The number of carbonyl (C=O) groups is 1. The molecule has 2 heterocycles. The van der Waals surface area contributed by atoms with Crippen LogP contribution in [0.1, 0.15) is 22.3 Å². The van der Waals surface area contributed by atoms with Crippen molar-refractivity contribution in [3.63, 3.8) is 0 Å². The lowest BCUT2D eigenvalue weighted by molar-refractivity contribution is 0.102. The lowest BCUT2D eigenvalue weighted by atomic mass is 10.1. The Kier molecular flexibility index (Phi) is 5.83. The third-order valence-corrected chi connectivity index (χ3v) is 5.64. The van der Waals surface area contributed by atoms with Crippen molar-refractivity contribution in [1.29, 1.82) is 0 Å². The first-order chi connectivity index (χ1) is 14.0.